The van der Waals surface area contributed by atoms with E-state index in [0.717, 1.165) is 55.1 Å². The van der Waals surface area contributed by atoms with Crippen LogP contribution < -0.4 is 0 Å². The van der Waals surface area contributed by atoms with Gasteiger partial charge in [0.1, 0.15) is 11.3 Å². The van der Waals surface area contributed by atoms with Gasteiger partial charge in [-0.15, -0.1) is 0 Å². The Bertz CT molecular complexity index is 1160. The van der Waals surface area contributed by atoms with E-state index in [-0.39, 0.29) is 11.7 Å². The number of carbonyl (C=O) groups excluding carboxylic acids is 2. The number of ketones is 1. The minimum Gasteiger partial charge on any atom is -0.354 e. The zero-order valence-corrected chi connectivity index (χ0v) is 19.8. The topological polar surface area (TPSA) is 73.7 Å². The molecule has 0 aromatic carbocycles. The maximum Gasteiger partial charge on any atom is 0.270 e. The molecule has 3 aromatic rings. The van der Waals surface area contributed by atoms with Gasteiger partial charge in [-0.1, -0.05) is 13.3 Å². The van der Waals surface area contributed by atoms with Crippen molar-refractivity contribution in [3.8, 4) is 0 Å². The fourth-order valence-corrected chi connectivity index (χ4v) is 4.82. The van der Waals surface area contributed by atoms with Crippen molar-refractivity contribution in [2.75, 3.05) is 26.2 Å². The number of rotatable bonds is 6. The highest BCUT2D eigenvalue weighted by Gasteiger charge is 2.28. The van der Waals surface area contributed by atoms with Crippen LogP contribution in [0, 0.1) is 20.8 Å². The average Bonchev–Trinajstić information content (AvgIpc) is 3.24. The number of pyridine rings is 1. The number of piperazine rings is 1. The minimum absolute atomic E-state index is 0.00478. The van der Waals surface area contributed by atoms with Crippen molar-refractivity contribution in [3.05, 3.63) is 57.8 Å². The normalized spacial score (nSPS) is 15.0. The molecule has 1 aliphatic rings. The summed E-state index contributed by atoms with van der Waals surface area (Å²) in [6.07, 6.45) is 3.71. The molecule has 170 valence electrons. The standard InChI is InChI=1S/C25H33N5O2/c1-6-7-20-23(19(5)31)18(4)27-24(20)25(32)29-12-10-28(11-13-29)15-21-17(3)26-22-14-16(2)8-9-30(21)22/h8-9,14,27H,6-7,10-13,15H2,1-5H3. The molecule has 0 bridgehead atoms. The van der Waals surface area contributed by atoms with Crippen LogP contribution in [0.1, 0.15) is 69.3 Å². The van der Waals surface area contributed by atoms with E-state index >= 15 is 0 Å². The monoisotopic (exact) mass is 435 g/mol. The predicted octanol–water partition coefficient (Wildman–Crippen LogP) is 3.70. The number of imidazole rings is 1. The first-order valence-electron chi connectivity index (χ1n) is 11.5. The molecule has 1 N–H and O–H groups in total. The first kappa shape index (κ1) is 22.3. The summed E-state index contributed by atoms with van der Waals surface area (Å²) in [6, 6.07) is 4.21. The number of aryl methyl sites for hydroxylation is 3. The number of aromatic amines is 1. The highest BCUT2D eigenvalue weighted by atomic mass is 16.2. The third kappa shape index (κ3) is 4.09. The average molecular weight is 436 g/mol. The second-order valence-corrected chi connectivity index (χ2v) is 8.93. The van der Waals surface area contributed by atoms with Gasteiger partial charge in [0.15, 0.2) is 5.78 Å². The molecule has 1 amide bonds. The molecule has 0 aliphatic carbocycles. The van der Waals surface area contributed by atoms with Crippen LogP contribution in [0.3, 0.4) is 0 Å². The zero-order chi connectivity index (χ0) is 23.0. The van der Waals surface area contributed by atoms with Crippen LogP contribution in [0.15, 0.2) is 18.3 Å². The van der Waals surface area contributed by atoms with E-state index in [4.69, 9.17) is 4.98 Å². The third-order valence-corrected chi connectivity index (χ3v) is 6.47. The van der Waals surface area contributed by atoms with E-state index in [1.54, 1.807) is 6.92 Å². The number of nitrogens with zero attached hydrogens (tertiary/aromatic N) is 4. The van der Waals surface area contributed by atoms with Gasteiger partial charge in [0, 0.05) is 50.2 Å². The van der Waals surface area contributed by atoms with Crippen molar-refractivity contribution >= 4 is 17.3 Å². The van der Waals surface area contributed by atoms with Crippen molar-refractivity contribution in [2.24, 2.45) is 0 Å². The molecule has 0 spiro atoms. The molecule has 7 heteroatoms. The van der Waals surface area contributed by atoms with Gasteiger partial charge < -0.3 is 14.3 Å². The van der Waals surface area contributed by atoms with Crippen LogP contribution in [0.2, 0.25) is 0 Å². The fraction of sp³-hybridized carbons (Fsp3) is 0.480. The molecule has 0 atom stereocenters. The van der Waals surface area contributed by atoms with Gasteiger partial charge in [-0.2, -0.15) is 0 Å². The van der Waals surface area contributed by atoms with Crippen LogP contribution in [0.25, 0.3) is 5.65 Å². The van der Waals surface area contributed by atoms with Gasteiger partial charge in [0.25, 0.3) is 5.91 Å². The lowest BCUT2D eigenvalue weighted by atomic mass is 10.0. The lowest BCUT2D eigenvalue weighted by Crippen LogP contribution is -2.48. The van der Waals surface area contributed by atoms with Crippen LogP contribution in [0.4, 0.5) is 0 Å². The maximum atomic E-state index is 13.3. The number of Topliss-reactive ketones (excluding diaryl/α,β-unsaturated/α-hetero) is 1. The van der Waals surface area contributed by atoms with Crippen molar-refractivity contribution in [1.29, 1.82) is 0 Å². The first-order chi connectivity index (χ1) is 15.3. The Morgan fingerprint density at radius 3 is 2.50 bits per heavy atom. The highest BCUT2D eigenvalue weighted by molar-refractivity contribution is 6.02. The summed E-state index contributed by atoms with van der Waals surface area (Å²) in [6.45, 7) is 13.5. The van der Waals surface area contributed by atoms with Crippen molar-refractivity contribution in [3.63, 3.8) is 0 Å². The van der Waals surface area contributed by atoms with E-state index in [1.807, 2.05) is 11.8 Å². The van der Waals surface area contributed by atoms with Crippen LogP contribution in [0.5, 0.6) is 0 Å². The quantitative estimate of drug-likeness (QED) is 0.599. The number of H-pyrrole nitrogens is 1. The number of aromatic nitrogens is 3. The van der Waals surface area contributed by atoms with Gasteiger partial charge in [-0.3, -0.25) is 14.5 Å². The number of fused-ring (bicyclic) bond motifs is 1. The van der Waals surface area contributed by atoms with Crippen LogP contribution in [-0.2, 0) is 13.0 Å². The van der Waals surface area contributed by atoms with Gasteiger partial charge in [0.05, 0.1) is 11.4 Å². The van der Waals surface area contributed by atoms with Gasteiger partial charge in [0.2, 0.25) is 0 Å². The molecule has 1 aliphatic heterocycles. The van der Waals surface area contributed by atoms with E-state index in [1.165, 1.54) is 11.3 Å². The fourth-order valence-electron chi connectivity index (χ4n) is 4.82. The Hall–Kier alpha value is -2.93. The second kappa shape index (κ2) is 8.90. The summed E-state index contributed by atoms with van der Waals surface area (Å²) >= 11 is 0. The molecule has 0 radical (unpaired) electrons. The Morgan fingerprint density at radius 2 is 1.84 bits per heavy atom. The molecule has 32 heavy (non-hydrogen) atoms. The largest absolute Gasteiger partial charge is 0.354 e. The number of hydrogen-bond donors (Lipinski definition) is 1. The van der Waals surface area contributed by atoms with Gasteiger partial charge in [-0.05, 0) is 57.4 Å². The lowest BCUT2D eigenvalue weighted by molar-refractivity contribution is 0.0620. The van der Waals surface area contributed by atoms with Crippen molar-refractivity contribution in [1.82, 2.24) is 24.2 Å². The Labute approximate surface area is 189 Å². The van der Waals surface area contributed by atoms with Crippen molar-refractivity contribution < 1.29 is 9.59 Å². The van der Waals surface area contributed by atoms with Gasteiger partial charge in [-0.25, -0.2) is 4.98 Å². The van der Waals surface area contributed by atoms with Crippen LogP contribution >= 0.6 is 0 Å². The second-order valence-electron chi connectivity index (χ2n) is 8.93. The van der Waals surface area contributed by atoms with Crippen molar-refractivity contribution in [2.45, 2.75) is 54.0 Å². The SMILES string of the molecule is CCCc1c(C(=O)N2CCN(Cc3c(C)nc4cc(C)ccn34)CC2)[nH]c(C)c1C(C)=O. The molecular weight excluding hydrogens is 402 g/mol. The molecule has 0 saturated carbocycles. The van der Waals surface area contributed by atoms with E-state index in [9.17, 15) is 9.59 Å². The number of hydrogen-bond acceptors (Lipinski definition) is 4. The maximum absolute atomic E-state index is 13.3. The molecule has 4 heterocycles. The summed E-state index contributed by atoms with van der Waals surface area (Å²) in [5.74, 6) is 0.0230. The molecule has 3 aromatic heterocycles. The summed E-state index contributed by atoms with van der Waals surface area (Å²) in [7, 11) is 0. The zero-order valence-electron chi connectivity index (χ0n) is 19.8. The van der Waals surface area contributed by atoms with E-state index < -0.39 is 0 Å². The van der Waals surface area contributed by atoms with Crippen LogP contribution in [-0.4, -0.2) is 62.0 Å². The molecule has 1 fully saturated rings. The third-order valence-electron chi connectivity index (χ3n) is 6.47. The first-order valence-corrected chi connectivity index (χ1v) is 11.5. The minimum atomic E-state index is 0.00478. The Morgan fingerprint density at radius 1 is 1.12 bits per heavy atom. The summed E-state index contributed by atoms with van der Waals surface area (Å²) in [5.41, 5.74) is 7.40. The molecule has 1 saturated heterocycles. The summed E-state index contributed by atoms with van der Waals surface area (Å²) in [5, 5.41) is 0. The Kier molecular flexibility index (Phi) is 6.20. The number of nitrogens with one attached hydrogen (secondary N) is 1. The number of carbonyl (C=O) groups is 2. The number of amides is 1. The lowest BCUT2D eigenvalue weighted by Gasteiger charge is -2.34. The molecule has 7 nitrogen and oxygen atoms in total. The smallest absolute Gasteiger partial charge is 0.270 e. The molecular formula is C25H33N5O2. The van der Waals surface area contributed by atoms with E-state index in [2.05, 4.69) is 53.4 Å². The summed E-state index contributed by atoms with van der Waals surface area (Å²) < 4.78 is 2.17. The summed E-state index contributed by atoms with van der Waals surface area (Å²) in [4.78, 5) is 37.7. The Balaban J connectivity index is 1.47. The van der Waals surface area contributed by atoms with Gasteiger partial charge >= 0.3 is 0 Å². The van der Waals surface area contributed by atoms with E-state index in [0.29, 0.717) is 24.3 Å². The highest BCUT2D eigenvalue weighted by Crippen LogP contribution is 2.24. The molecule has 0 unspecified atom stereocenters. The predicted molar refractivity (Wildman–Crippen MR) is 125 cm³/mol. The molecule has 4 rings (SSSR count).